The maximum atomic E-state index is 13.3. The van der Waals surface area contributed by atoms with Gasteiger partial charge in [-0.15, -0.1) is 15.3 Å². The molecule has 0 aliphatic rings. The minimum atomic E-state index is -0.0695. The predicted octanol–water partition coefficient (Wildman–Crippen LogP) is 4.15. The second kappa shape index (κ2) is 9.48. The number of amides is 1. The van der Waals surface area contributed by atoms with Crippen LogP contribution in [-0.2, 0) is 17.8 Å². The molecule has 0 saturated heterocycles. The summed E-state index contributed by atoms with van der Waals surface area (Å²) in [5.41, 5.74) is 3.10. The molecule has 0 atom stereocenters. The van der Waals surface area contributed by atoms with Crippen molar-refractivity contribution >= 4 is 35.0 Å². The van der Waals surface area contributed by atoms with Gasteiger partial charge in [-0.2, -0.15) is 4.98 Å². The van der Waals surface area contributed by atoms with E-state index in [1.54, 1.807) is 15.5 Å². The zero-order valence-electron chi connectivity index (χ0n) is 19.0. The molecule has 0 saturated carbocycles. The van der Waals surface area contributed by atoms with E-state index in [0.29, 0.717) is 33.3 Å². The molecule has 172 valence electrons. The normalized spacial score (nSPS) is 11.5. The molecule has 4 rings (SSSR count). The van der Waals surface area contributed by atoms with E-state index in [0.717, 1.165) is 17.0 Å². The molecule has 11 heteroatoms. The largest absolute Gasteiger partial charge is 0.419 e. The highest BCUT2D eigenvalue weighted by Crippen LogP contribution is 2.27. The zero-order valence-corrected chi connectivity index (χ0v) is 20.6. The van der Waals surface area contributed by atoms with Gasteiger partial charge in [0.25, 0.3) is 5.78 Å². The Bertz CT molecular complexity index is 1320. The number of thioether (sulfide) groups is 1. The molecular formula is C22H24ClN7O2S. The van der Waals surface area contributed by atoms with Crippen molar-refractivity contribution in [2.75, 3.05) is 6.26 Å². The SMILES string of the molecule is CSc1nc2nc(C)c(CC(=O)N(Cc3nnc(-c4ccccc4Cl)o3)C(C)C)c(C)n2n1. The Morgan fingerprint density at radius 3 is 2.67 bits per heavy atom. The molecule has 0 N–H and O–H groups in total. The monoisotopic (exact) mass is 485 g/mol. The number of carbonyl (C=O) groups is 1. The highest BCUT2D eigenvalue weighted by Gasteiger charge is 2.24. The predicted molar refractivity (Wildman–Crippen MR) is 126 cm³/mol. The second-order valence-electron chi connectivity index (χ2n) is 7.84. The highest BCUT2D eigenvalue weighted by atomic mass is 35.5. The van der Waals surface area contributed by atoms with E-state index in [9.17, 15) is 4.79 Å². The first kappa shape index (κ1) is 23.2. The summed E-state index contributed by atoms with van der Waals surface area (Å²) in [7, 11) is 0. The average molecular weight is 486 g/mol. The van der Waals surface area contributed by atoms with Crippen LogP contribution in [0.1, 0.15) is 36.7 Å². The molecule has 1 aromatic carbocycles. The third kappa shape index (κ3) is 4.72. The van der Waals surface area contributed by atoms with Gasteiger partial charge in [0.05, 0.1) is 23.6 Å². The number of carbonyl (C=O) groups excluding carboxylic acids is 1. The summed E-state index contributed by atoms with van der Waals surface area (Å²) >= 11 is 7.69. The molecule has 1 amide bonds. The van der Waals surface area contributed by atoms with E-state index >= 15 is 0 Å². The van der Waals surface area contributed by atoms with E-state index in [-0.39, 0.29) is 24.9 Å². The lowest BCUT2D eigenvalue weighted by Crippen LogP contribution is -2.38. The fourth-order valence-electron chi connectivity index (χ4n) is 3.55. The summed E-state index contributed by atoms with van der Waals surface area (Å²) in [6.07, 6.45) is 2.09. The number of hydrogen-bond donors (Lipinski definition) is 0. The minimum Gasteiger partial charge on any atom is -0.419 e. The average Bonchev–Trinajstić information content (AvgIpc) is 3.42. The van der Waals surface area contributed by atoms with Gasteiger partial charge in [-0.1, -0.05) is 35.5 Å². The van der Waals surface area contributed by atoms with Crippen molar-refractivity contribution in [2.45, 2.75) is 51.9 Å². The first-order valence-corrected chi connectivity index (χ1v) is 12.0. The van der Waals surface area contributed by atoms with Gasteiger partial charge >= 0.3 is 0 Å². The molecule has 0 aliphatic heterocycles. The van der Waals surface area contributed by atoms with E-state index in [1.807, 2.05) is 52.1 Å². The number of nitrogens with zero attached hydrogens (tertiary/aromatic N) is 7. The van der Waals surface area contributed by atoms with Gasteiger partial charge in [0.1, 0.15) is 0 Å². The van der Waals surface area contributed by atoms with Crippen LogP contribution in [0.3, 0.4) is 0 Å². The standard InChI is InChI=1S/C22H24ClN7O2S/c1-12(2)29(11-18-26-27-20(32-18)15-8-6-7-9-17(15)23)19(31)10-16-13(3)24-21-25-22(33-5)28-30(21)14(16)4/h6-9,12H,10-11H2,1-5H3. The Labute approximate surface area is 200 Å². The topological polar surface area (TPSA) is 102 Å². The molecule has 3 heterocycles. The molecular weight excluding hydrogens is 462 g/mol. The quantitative estimate of drug-likeness (QED) is 0.360. The minimum absolute atomic E-state index is 0.0694. The van der Waals surface area contributed by atoms with Crippen LogP contribution in [0.25, 0.3) is 17.2 Å². The van der Waals surface area contributed by atoms with Crippen molar-refractivity contribution in [3.8, 4) is 11.5 Å². The molecule has 0 unspecified atom stereocenters. The Balaban J connectivity index is 1.57. The van der Waals surface area contributed by atoms with E-state index in [2.05, 4.69) is 25.3 Å². The molecule has 0 aliphatic carbocycles. The molecule has 0 radical (unpaired) electrons. The van der Waals surface area contributed by atoms with Crippen molar-refractivity contribution in [3.05, 3.63) is 52.1 Å². The Morgan fingerprint density at radius 1 is 1.21 bits per heavy atom. The van der Waals surface area contributed by atoms with Crippen molar-refractivity contribution in [2.24, 2.45) is 0 Å². The van der Waals surface area contributed by atoms with Crippen LogP contribution in [0.4, 0.5) is 0 Å². The third-order valence-electron chi connectivity index (χ3n) is 5.36. The van der Waals surface area contributed by atoms with Crippen molar-refractivity contribution in [1.29, 1.82) is 0 Å². The number of fused-ring (bicyclic) bond motifs is 1. The van der Waals surface area contributed by atoms with Crippen LogP contribution in [0, 0.1) is 13.8 Å². The number of rotatable bonds is 7. The second-order valence-corrected chi connectivity index (χ2v) is 9.03. The lowest BCUT2D eigenvalue weighted by Gasteiger charge is -2.25. The van der Waals surface area contributed by atoms with Crippen LogP contribution in [0.15, 0.2) is 33.8 Å². The van der Waals surface area contributed by atoms with Crippen LogP contribution in [0.5, 0.6) is 0 Å². The smallest absolute Gasteiger partial charge is 0.253 e. The fraction of sp³-hybridized carbons (Fsp3) is 0.364. The summed E-state index contributed by atoms with van der Waals surface area (Å²) in [6, 6.07) is 7.19. The fourth-order valence-corrected chi connectivity index (χ4v) is 4.10. The summed E-state index contributed by atoms with van der Waals surface area (Å²) in [6.45, 7) is 7.91. The Hall–Kier alpha value is -2.98. The third-order valence-corrected chi connectivity index (χ3v) is 6.23. The summed E-state index contributed by atoms with van der Waals surface area (Å²) in [4.78, 5) is 24.0. The van der Waals surface area contributed by atoms with Crippen molar-refractivity contribution in [3.63, 3.8) is 0 Å². The molecule has 0 fully saturated rings. The summed E-state index contributed by atoms with van der Waals surface area (Å²) < 4.78 is 7.50. The lowest BCUT2D eigenvalue weighted by molar-refractivity contribution is -0.133. The van der Waals surface area contributed by atoms with E-state index in [4.69, 9.17) is 16.0 Å². The Morgan fingerprint density at radius 2 is 1.97 bits per heavy atom. The molecule has 0 spiro atoms. The first-order valence-electron chi connectivity index (χ1n) is 10.4. The van der Waals surface area contributed by atoms with Crippen LogP contribution < -0.4 is 0 Å². The number of aryl methyl sites for hydroxylation is 2. The highest BCUT2D eigenvalue weighted by molar-refractivity contribution is 7.98. The van der Waals surface area contributed by atoms with Gasteiger partial charge in [-0.3, -0.25) is 4.79 Å². The van der Waals surface area contributed by atoms with Gasteiger partial charge in [-0.05, 0) is 46.1 Å². The Kier molecular flexibility index (Phi) is 6.66. The molecule has 33 heavy (non-hydrogen) atoms. The number of hydrogen-bond acceptors (Lipinski definition) is 8. The van der Waals surface area contributed by atoms with Crippen molar-refractivity contribution in [1.82, 2.24) is 34.7 Å². The molecule has 0 bridgehead atoms. The molecule has 3 aromatic heterocycles. The number of benzene rings is 1. The molecule has 4 aromatic rings. The van der Waals surface area contributed by atoms with Crippen LogP contribution >= 0.6 is 23.4 Å². The number of aromatic nitrogens is 6. The molecule has 9 nitrogen and oxygen atoms in total. The lowest BCUT2D eigenvalue weighted by atomic mass is 10.1. The first-order chi connectivity index (χ1) is 15.8. The van der Waals surface area contributed by atoms with Crippen LogP contribution in [-0.4, -0.2) is 52.9 Å². The summed E-state index contributed by atoms with van der Waals surface area (Å²) in [5, 5.41) is 13.9. The van der Waals surface area contributed by atoms with Crippen molar-refractivity contribution < 1.29 is 9.21 Å². The van der Waals surface area contributed by atoms with Crippen LogP contribution in [0.2, 0.25) is 5.02 Å². The van der Waals surface area contributed by atoms with Gasteiger partial charge in [0.15, 0.2) is 0 Å². The van der Waals surface area contributed by atoms with Gasteiger partial charge in [0, 0.05) is 23.0 Å². The van der Waals surface area contributed by atoms with Gasteiger partial charge in [0.2, 0.25) is 22.8 Å². The summed E-state index contributed by atoms with van der Waals surface area (Å²) in [5.74, 6) is 1.13. The van der Waals surface area contributed by atoms with E-state index < -0.39 is 0 Å². The zero-order chi connectivity index (χ0) is 23.7. The van der Waals surface area contributed by atoms with E-state index in [1.165, 1.54) is 11.8 Å². The van der Waals surface area contributed by atoms with Gasteiger partial charge < -0.3 is 9.32 Å². The number of halogens is 1. The maximum Gasteiger partial charge on any atom is 0.253 e. The van der Waals surface area contributed by atoms with Gasteiger partial charge in [-0.25, -0.2) is 9.50 Å². The maximum absolute atomic E-state index is 13.3.